The molecule has 3 saturated heterocycles. The van der Waals surface area contributed by atoms with Crippen molar-refractivity contribution in [2.24, 2.45) is 0 Å². The predicted molar refractivity (Wildman–Crippen MR) is 96.5 cm³/mol. The molecule has 3 heterocycles. The molecule has 0 spiro atoms. The van der Waals surface area contributed by atoms with Crippen LogP contribution in [0.2, 0.25) is 0 Å². The number of carbonyl (C=O) groups is 4. The average Bonchev–Trinajstić information content (AvgIpc) is 3.15. The fourth-order valence-corrected chi connectivity index (χ4v) is 4.71. The van der Waals surface area contributed by atoms with Gasteiger partial charge in [-0.05, 0) is 37.8 Å². The summed E-state index contributed by atoms with van der Waals surface area (Å²) in [6.07, 6.45) is 3.67. The van der Waals surface area contributed by atoms with Gasteiger partial charge in [0.25, 0.3) is 5.91 Å². The first-order chi connectivity index (χ1) is 13.0. The Morgan fingerprint density at radius 1 is 0.926 bits per heavy atom. The first kappa shape index (κ1) is 17.7. The van der Waals surface area contributed by atoms with Crippen LogP contribution in [0.5, 0.6) is 0 Å². The van der Waals surface area contributed by atoms with Crippen molar-refractivity contribution in [2.75, 3.05) is 6.54 Å². The van der Waals surface area contributed by atoms with Crippen molar-refractivity contribution in [3.8, 4) is 0 Å². The molecule has 2 atom stereocenters. The van der Waals surface area contributed by atoms with Crippen molar-refractivity contribution in [1.82, 2.24) is 15.1 Å². The van der Waals surface area contributed by atoms with Crippen molar-refractivity contribution < 1.29 is 19.2 Å². The van der Waals surface area contributed by atoms with E-state index in [4.69, 9.17) is 0 Å². The number of likely N-dealkylation sites (tertiary alicyclic amines) is 1. The van der Waals surface area contributed by atoms with Crippen LogP contribution in [0.15, 0.2) is 30.3 Å². The molecule has 3 aliphatic heterocycles. The van der Waals surface area contributed by atoms with E-state index in [0.717, 1.165) is 12.8 Å². The standard InChI is InChI=1S/C20H23N3O4/c24-17-8-9-18(25)23(17)16-10-14-6-7-15(11-16)22(14)19(26)12-21-20(27)13-4-2-1-3-5-13/h1-5,14-16H,6-12H2,(H,21,27). The van der Waals surface area contributed by atoms with Gasteiger partial charge in [-0.3, -0.25) is 24.1 Å². The Balaban J connectivity index is 1.36. The van der Waals surface area contributed by atoms with Crippen LogP contribution >= 0.6 is 0 Å². The zero-order valence-electron chi connectivity index (χ0n) is 15.1. The van der Waals surface area contributed by atoms with Gasteiger partial charge in [-0.1, -0.05) is 18.2 Å². The van der Waals surface area contributed by atoms with E-state index in [1.165, 1.54) is 4.90 Å². The maximum atomic E-state index is 12.7. The summed E-state index contributed by atoms with van der Waals surface area (Å²) in [6, 6.07) is 8.79. The minimum Gasteiger partial charge on any atom is -0.343 e. The van der Waals surface area contributed by atoms with Crippen LogP contribution < -0.4 is 5.32 Å². The molecule has 3 aliphatic rings. The SMILES string of the molecule is O=C(NCC(=O)N1C2CCC1CC(N1C(=O)CCC1=O)C2)c1ccccc1. The van der Waals surface area contributed by atoms with E-state index in [2.05, 4.69) is 5.32 Å². The molecule has 0 aliphatic carbocycles. The van der Waals surface area contributed by atoms with Gasteiger partial charge in [0.2, 0.25) is 17.7 Å². The maximum Gasteiger partial charge on any atom is 0.251 e. The summed E-state index contributed by atoms with van der Waals surface area (Å²) >= 11 is 0. The van der Waals surface area contributed by atoms with Gasteiger partial charge in [0, 0.05) is 36.5 Å². The quantitative estimate of drug-likeness (QED) is 0.805. The third kappa shape index (κ3) is 3.34. The Morgan fingerprint density at radius 3 is 2.11 bits per heavy atom. The second-order valence-electron chi connectivity index (χ2n) is 7.52. The number of carbonyl (C=O) groups excluding carboxylic acids is 4. The van der Waals surface area contributed by atoms with Gasteiger partial charge in [0.15, 0.2) is 0 Å². The second kappa shape index (κ2) is 7.13. The van der Waals surface area contributed by atoms with Gasteiger partial charge in [0.05, 0.1) is 6.54 Å². The van der Waals surface area contributed by atoms with Crippen LogP contribution in [0.1, 0.15) is 48.9 Å². The molecule has 7 heteroatoms. The van der Waals surface area contributed by atoms with E-state index < -0.39 is 0 Å². The van der Waals surface area contributed by atoms with E-state index in [1.54, 1.807) is 24.3 Å². The van der Waals surface area contributed by atoms with Crippen LogP contribution in [0.4, 0.5) is 0 Å². The molecule has 1 N–H and O–H groups in total. The molecule has 4 rings (SSSR count). The lowest BCUT2D eigenvalue weighted by Crippen LogP contribution is -2.55. The highest BCUT2D eigenvalue weighted by Crippen LogP contribution is 2.38. The Kier molecular flexibility index (Phi) is 4.68. The van der Waals surface area contributed by atoms with Crippen LogP contribution in [-0.4, -0.2) is 58.1 Å². The van der Waals surface area contributed by atoms with E-state index in [9.17, 15) is 19.2 Å². The molecule has 142 valence electrons. The Morgan fingerprint density at radius 2 is 1.52 bits per heavy atom. The van der Waals surface area contributed by atoms with Crippen molar-refractivity contribution in [2.45, 2.75) is 56.7 Å². The molecule has 2 bridgehead atoms. The number of fused-ring (bicyclic) bond motifs is 2. The van der Waals surface area contributed by atoms with Gasteiger partial charge < -0.3 is 10.2 Å². The summed E-state index contributed by atoms with van der Waals surface area (Å²) < 4.78 is 0. The van der Waals surface area contributed by atoms with Gasteiger partial charge >= 0.3 is 0 Å². The molecule has 4 amide bonds. The van der Waals surface area contributed by atoms with E-state index in [-0.39, 0.29) is 48.3 Å². The molecule has 3 fully saturated rings. The van der Waals surface area contributed by atoms with Crippen LogP contribution in [0, 0.1) is 0 Å². The third-order valence-corrected chi connectivity index (χ3v) is 5.89. The Hall–Kier alpha value is -2.70. The van der Waals surface area contributed by atoms with Crippen LogP contribution in [0.25, 0.3) is 0 Å². The smallest absolute Gasteiger partial charge is 0.251 e. The summed E-state index contributed by atoms with van der Waals surface area (Å²) in [5.41, 5.74) is 0.526. The topological polar surface area (TPSA) is 86.8 Å². The minimum absolute atomic E-state index is 0.0348. The predicted octanol–water partition coefficient (Wildman–Crippen LogP) is 1.09. The van der Waals surface area contributed by atoms with Crippen molar-refractivity contribution in [3.05, 3.63) is 35.9 Å². The van der Waals surface area contributed by atoms with Gasteiger partial charge in [-0.2, -0.15) is 0 Å². The summed E-state index contributed by atoms with van der Waals surface area (Å²) in [7, 11) is 0. The number of nitrogens with zero attached hydrogens (tertiary/aromatic N) is 2. The summed E-state index contributed by atoms with van der Waals surface area (Å²) in [4.78, 5) is 52.2. The zero-order valence-corrected chi connectivity index (χ0v) is 15.1. The highest BCUT2D eigenvalue weighted by Gasteiger charge is 2.47. The average molecular weight is 369 g/mol. The van der Waals surface area contributed by atoms with Crippen LogP contribution in [-0.2, 0) is 14.4 Å². The van der Waals surface area contributed by atoms with Gasteiger partial charge in [-0.25, -0.2) is 0 Å². The number of amides is 4. The molecular weight excluding hydrogens is 346 g/mol. The number of rotatable bonds is 4. The number of nitrogens with one attached hydrogen (secondary N) is 1. The summed E-state index contributed by atoms with van der Waals surface area (Å²) in [6.45, 7) is -0.0348. The summed E-state index contributed by atoms with van der Waals surface area (Å²) in [5, 5.41) is 2.70. The number of benzene rings is 1. The van der Waals surface area contributed by atoms with E-state index in [0.29, 0.717) is 31.2 Å². The summed E-state index contributed by atoms with van der Waals surface area (Å²) in [5.74, 6) is -0.526. The van der Waals surface area contributed by atoms with Crippen molar-refractivity contribution >= 4 is 23.6 Å². The van der Waals surface area contributed by atoms with E-state index in [1.807, 2.05) is 11.0 Å². The van der Waals surface area contributed by atoms with E-state index >= 15 is 0 Å². The highest BCUT2D eigenvalue weighted by molar-refractivity contribution is 6.02. The molecule has 0 saturated carbocycles. The first-order valence-electron chi connectivity index (χ1n) is 9.54. The molecule has 2 unspecified atom stereocenters. The molecule has 0 aromatic heterocycles. The molecular formula is C20H23N3O4. The lowest BCUT2D eigenvalue weighted by molar-refractivity contribution is -0.144. The zero-order chi connectivity index (χ0) is 19.0. The molecule has 0 radical (unpaired) electrons. The molecule has 1 aromatic rings. The highest BCUT2D eigenvalue weighted by atomic mass is 16.2. The monoisotopic (exact) mass is 369 g/mol. The van der Waals surface area contributed by atoms with Gasteiger partial charge in [0.1, 0.15) is 0 Å². The Bertz CT molecular complexity index is 749. The lowest BCUT2D eigenvalue weighted by atomic mass is 9.96. The fraction of sp³-hybridized carbons (Fsp3) is 0.500. The first-order valence-corrected chi connectivity index (χ1v) is 9.54. The minimum atomic E-state index is -0.264. The number of imide groups is 1. The van der Waals surface area contributed by atoms with Crippen molar-refractivity contribution in [3.63, 3.8) is 0 Å². The van der Waals surface area contributed by atoms with Gasteiger partial charge in [-0.15, -0.1) is 0 Å². The van der Waals surface area contributed by atoms with Crippen LogP contribution in [0.3, 0.4) is 0 Å². The second-order valence-corrected chi connectivity index (χ2v) is 7.52. The third-order valence-electron chi connectivity index (χ3n) is 5.89. The molecule has 1 aromatic carbocycles. The normalized spacial score (nSPS) is 27.2. The Labute approximate surface area is 157 Å². The lowest BCUT2D eigenvalue weighted by Gasteiger charge is -2.41. The molecule has 7 nitrogen and oxygen atoms in total. The molecule has 27 heavy (non-hydrogen) atoms. The van der Waals surface area contributed by atoms with Crippen molar-refractivity contribution in [1.29, 1.82) is 0 Å². The number of hydrogen-bond donors (Lipinski definition) is 1. The number of piperidine rings is 1. The maximum absolute atomic E-state index is 12.7. The fourth-order valence-electron chi connectivity index (χ4n) is 4.71. The number of hydrogen-bond acceptors (Lipinski definition) is 4. The largest absolute Gasteiger partial charge is 0.343 e.